The Labute approximate surface area is 185 Å². The van der Waals surface area contributed by atoms with Crippen LogP contribution in [0.3, 0.4) is 0 Å². The van der Waals surface area contributed by atoms with Crippen molar-refractivity contribution in [3.63, 3.8) is 0 Å². The number of sulfone groups is 1. The van der Waals surface area contributed by atoms with E-state index < -0.39 is 15.6 Å². The van der Waals surface area contributed by atoms with Gasteiger partial charge in [-0.15, -0.1) is 0 Å². The molecule has 1 heterocycles. The standard InChI is InChI=1S/C22H18Cl2N2O3S/c1-30(28,29)20-12-2-15(3-13-20)21-25-22(27,16-4-6-17(23)7-5-16)14-26(21)19-10-8-18(24)9-11-19/h2-13,27H,14H2,1H3. The first kappa shape index (κ1) is 20.9. The minimum Gasteiger partial charge on any atom is -0.364 e. The average Bonchev–Trinajstić information content (AvgIpc) is 3.07. The molecule has 0 saturated carbocycles. The molecule has 0 bridgehead atoms. The van der Waals surface area contributed by atoms with Crippen molar-refractivity contribution in [1.82, 2.24) is 0 Å². The summed E-state index contributed by atoms with van der Waals surface area (Å²) in [5.74, 6) is 0.523. The van der Waals surface area contributed by atoms with Crippen molar-refractivity contribution in [3.05, 3.63) is 94.0 Å². The lowest BCUT2D eigenvalue weighted by Gasteiger charge is -2.24. The molecule has 1 unspecified atom stereocenters. The van der Waals surface area contributed by atoms with Gasteiger partial charge in [-0.2, -0.15) is 0 Å². The Morgan fingerprint density at radius 3 is 1.97 bits per heavy atom. The van der Waals surface area contributed by atoms with E-state index in [0.29, 0.717) is 27.0 Å². The summed E-state index contributed by atoms with van der Waals surface area (Å²) >= 11 is 12.0. The maximum atomic E-state index is 11.8. The van der Waals surface area contributed by atoms with Crippen LogP contribution in [0.25, 0.3) is 0 Å². The first-order chi connectivity index (χ1) is 14.2. The van der Waals surface area contributed by atoms with Crippen molar-refractivity contribution in [1.29, 1.82) is 0 Å². The smallest absolute Gasteiger partial charge is 0.202 e. The summed E-state index contributed by atoms with van der Waals surface area (Å²) in [5.41, 5.74) is 0.598. The summed E-state index contributed by atoms with van der Waals surface area (Å²) in [6, 6.07) is 20.5. The number of amidine groups is 1. The van der Waals surface area contributed by atoms with E-state index in [4.69, 9.17) is 23.2 Å². The number of rotatable bonds is 4. The van der Waals surface area contributed by atoms with Gasteiger partial charge in [-0.25, -0.2) is 13.4 Å². The average molecular weight is 461 g/mol. The fourth-order valence-corrected chi connectivity index (χ4v) is 4.23. The zero-order valence-corrected chi connectivity index (χ0v) is 18.3. The number of anilines is 1. The summed E-state index contributed by atoms with van der Waals surface area (Å²) in [6.07, 6.45) is 1.16. The van der Waals surface area contributed by atoms with Crippen LogP contribution in [0.1, 0.15) is 11.1 Å². The van der Waals surface area contributed by atoms with Gasteiger partial charge >= 0.3 is 0 Å². The Kier molecular flexibility index (Phi) is 5.36. The quantitative estimate of drug-likeness (QED) is 0.621. The predicted molar refractivity (Wildman–Crippen MR) is 120 cm³/mol. The minimum atomic E-state index is -3.31. The van der Waals surface area contributed by atoms with Crippen LogP contribution >= 0.6 is 23.2 Å². The fraction of sp³-hybridized carbons (Fsp3) is 0.136. The monoisotopic (exact) mass is 460 g/mol. The number of benzene rings is 3. The van der Waals surface area contributed by atoms with Crippen LogP contribution in [0.15, 0.2) is 82.7 Å². The van der Waals surface area contributed by atoms with Crippen molar-refractivity contribution in [2.75, 3.05) is 17.7 Å². The molecule has 4 rings (SSSR count). The number of nitrogens with zero attached hydrogens (tertiary/aromatic N) is 2. The number of aliphatic hydroxyl groups is 1. The summed E-state index contributed by atoms with van der Waals surface area (Å²) < 4.78 is 23.6. The Hall–Kier alpha value is -2.38. The molecule has 1 aliphatic heterocycles. The molecule has 1 atom stereocenters. The van der Waals surface area contributed by atoms with E-state index in [1.165, 1.54) is 12.1 Å². The number of β-amino-alcohol motifs (C(OH)–C–C–N with tert-alkyl or cyclic N) is 1. The molecular formula is C22H18Cl2N2O3S. The molecule has 8 heteroatoms. The van der Waals surface area contributed by atoms with Gasteiger partial charge < -0.3 is 10.0 Å². The molecule has 154 valence electrons. The Morgan fingerprint density at radius 2 is 1.43 bits per heavy atom. The first-order valence-electron chi connectivity index (χ1n) is 9.08. The van der Waals surface area contributed by atoms with Gasteiger partial charge in [0.1, 0.15) is 5.84 Å². The summed E-state index contributed by atoms with van der Waals surface area (Å²) in [6.45, 7) is 0.180. The molecule has 0 aliphatic carbocycles. The number of halogens is 2. The highest BCUT2D eigenvalue weighted by atomic mass is 35.5. The first-order valence-corrected chi connectivity index (χ1v) is 11.7. The van der Waals surface area contributed by atoms with Crippen molar-refractivity contribution >= 4 is 44.6 Å². The van der Waals surface area contributed by atoms with Gasteiger partial charge in [0.05, 0.1) is 11.4 Å². The molecule has 0 spiro atoms. The zero-order chi connectivity index (χ0) is 21.5. The number of hydrogen-bond donors (Lipinski definition) is 1. The largest absolute Gasteiger partial charge is 0.364 e. The van der Waals surface area contributed by atoms with E-state index in [1.54, 1.807) is 48.5 Å². The van der Waals surface area contributed by atoms with Gasteiger partial charge in [-0.1, -0.05) is 35.3 Å². The molecule has 0 saturated heterocycles. The molecule has 1 aliphatic rings. The third kappa shape index (κ3) is 4.09. The maximum absolute atomic E-state index is 11.8. The lowest BCUT2D eigenvalue weighted by Crippen LogP contribution is -2.34. The predicted octanol–water partition coefficient (Wildman–Crippen LogP) is 4.51. The third-order valence-corrected chi connectivity index (χ3v) is 6.54. The maximum Gasteiger partial charge on any atom is 0.202 e. The number of hydrogen-bond acceptors (Lipinski definition) is 5. The van der Waals surface area contributed by atoms with E-state index in [-0.39, 0.29) is 11.4 Å². The topological polar surface area (TPSA) is 70.0 Å². The number of aliphatic imine (C=N–C) groups is 1. The summed E-state index contributed by atoms with van der Waals surface area (Å²) in [4.78, 5) is 6.73. The van der Waals surface area contributed by atoms with E-state index in [1.807, 2.05) is 17.0 Å². The van der Waals surface area contributed by atoms with Gasteiger partial charge in [0.15, 0.2) is 9.84 Å². The second-order valence-electron chi connectivity index (χ2n) is 7.12. The van der Waals surface area contributed by atoms with Crippen LogP contribution in [-0.4, -0.2) is 32.2 Å². The van der Waals surface area contributed by atoms with Crippen LogP contribution in [0, 0.1) is 0 Å². The van der Waals surface area contributed by atoms with Gasteiger partial charge in [0.2, 0.25) is 5.72 Å². The molecular weight excluding hydrogens is 443 g/mol. The van der Waals surface area contributed by atoms with Crippen molar-refractivity contribution in [3.8, 4) is 0 Å². The molecule has 5 nitrogen and oxygen atoms in total. The van der Waals surface area contributed by atoms with Crippen LogP contribution in [-0.2, 0) is 15.6 Å². The molecule has 0 fully saturated rings. The Morgan fingerprint density at radius 1 is 0.900 bits per heavy atom. The molecule has 0 radical (unpaired) electrons. The highest BCUT2D eigenvalue weighted by molar-refractivity contribution is 7.90. The SMILES string of the molecule is CS(=O)(=O)c1ccc(C2=NC(O)(c3ccc(Cl)cc3)CN2c2ccc(Cl)cc2)cc1. The molecule has 1 N–H and O–H groups in total. The molecule has 0 aromatic heterocycles. The van der Waals surface area contributed by atoms with Crippen LogP contribution in [0.5, 0.6) is 0 Å². The van der Waals surface area contributed by atoms with Crippen LogP contribution in [0.4, 0.5) is 5.69 Å². The van der Waals surface area contributed by atoms with Gasteiger partial charge in [0.25, 0.3) is 0 Å². The molecule has 30 heavy (non-hydrogen) atoms. The van der Waals surface area contributed by atoms with E-state index >= 15 is 0 Å². The Bertz CT molecular complexity index is 1210. The van der Waals surface area contributed by atoms with E-state index in [9.17, 15) is 13.5 Å². The summed E-state index contributed by atoms with van der Waals surface area (Å²) in [7, 11) is -3.31. The Balaban J connectivity index is 1.81. The molecule has 3 aromatic carbocycles. The zero-order valence-electron chi connectivity index (χ0n) is 16.0. The van der Waals surface area contributed by atoms with E-state index in [0.717, 1.165) is 11.9 Å². The third-order valence-electron chi connectivity index (χ3n) is 4.91. The van der Waals surface area contributed by atoms with Gasteiger partial charge in [-0.05, 0) is 60.7 Å². The molecule has 3 aromatic rings. The van der Waals surface area contributed by atoms with Crippen molar-refractivity contribution in [2.45, 2.75) is 10.6 Å². The van der Waals surface area contributed by atoms with Gasteiger partial charge in [0, 0.05) is 33.1 Å². The minimum absolute atomic E-state index is 0.180. The highest BCUT2D eigenvalue weighted by Gasteiger charge is 2.40. The second-order valence-corrected chi connectivity index (χ2v) is 10.0. The van der Waals surface area contributed by atoms with Crippen molar-refractivity contribution in [2.24, 2.45) is 4.99 Å². The second kappa shape index (κ2) is 7.71. The lowest BCUT2D eigenvalue weighted by molar-refractivity contribution is 0.0648. The van der Waals surface area contributed by atoms with E-state index in [2.05, 4.69) is 4.99 Å². The van der Waals surface area contributed by atoms with Crippen molar-refractivity contribution < 1.29 is 13.5 Å². The van der Waals surface area contributed by atoms with Crippen LogP contribution < -0.4 is 4.90 Å². The van der Waals surface area contributed by atoms with Gasteiger partial charge in [-0.3, -0.25) is 0 Å². The normalized spacial score (nSPS) is 19.1. The summed E-state index contributed by atoms with van der Waals surface area (Å²) in [5, 5.41) is 12.5. The lowest BCUT2D eigenvalue weighted by atomic mass is 10.0. The fourth-order valence-electron chi connectivity index (χ4n) is 3.35. The highest BCUT2D eigenvalue weighted by Crippen LogP contribution is 2.35. The van der Waals surface area contributed by atoms with Crippen LogP contribution in [0.2, 0.25) is 10.0 Å². The molecule has 0 amide bonds.